The monoisotopic (exact) mass is 417 g/mol. The maximum Gasteiger partial charge on any atom is 0.247 e. The zero-order valence-corrected chi connectivity index (χ0v) is 17.4. The van der Waals surface area contributed by atoms with Crippen LogP contribution in [0, 0.1) is 23.2 Å². The Bertz CT molecular complexity index is 1110. The highest BCUT2D eigenvalue weighted by Crippen LogP contribution is 2.48. The van der Waals surface area contributed by atoms with Crippen molar-refractivity contribution in [2.75, 3.05) is 0 Å². The van der Waals surface area contributed by atoms with Gasteiger partial charge in [-0.25, -0.2) is 5.01 Å². The number of ether oxygens (including phenoxy) is 2. The third-order valence-corrected chi connectivity index (χ3v) is 6.14. The van der Waals surface area contributed by atoms with Crippen LogP contribution in [0.1, 0.15) is 43.1 Å². The topological polar surface area (TPSA) is 95.2 Å². The number of nitrogens with zero attached hydrogens (tertiary/aromatic N) is 3. The van der Waals surface area contributed by atoms with Crippen molar-refractivity contribution >= 4 is 11.8 Å². The van der Waals surface area contributed by atoms with Gasteiger partial charge >= 0.3 is 0 Å². The molecular weight excluding hydrogens is 394 g/mol. The molecule has 158 valence electrons. The fourth-order valence-electron chi connectivity index (χ4n) is 4.22. The van der Waals surface area contributed by atoms with Crippen molar-refractivity contribution in [2.45, 2.75) is 44.6 Å². The molecule has 0 radical (unpaired) electrons. The fraction of sp³-hybridized carbons (Fsp3) is 0.375. The molecular formula is C24H23N3O4. The number of rotatable bonds is 3. The summed E-state index contributed by atoms with van der Waals surface area (Å²) in [5.41, 5.74) is 1.16. The maximum absolute atomic E-state index is 12.7. The van der Waals surface area contributed by atoms with Crippen LogP contribution in [-0.2, 0) is 16.1 Å². The molecule has 0 saturated heterocycles. The van der Waals surface area contributed by atoms with Gasteiger partial charge in [0.2, 0.25) is 11.8 Å². The molecule has 2 aromatic carbocycles. The molecule has 0 unspecified atom stereocenters. The molecule has 1 aliphatic carbocycles. The molecule has 1 amide bonds. The van der Waals surface area contributed by atoms with Gasteiger partial charge in [-0.15, -0.1) is 5.10 Å². The summed E-state index contributed by atoms with van der Waals surface area (Å²) >= 11 is 0. The Labute approximate surface area is 180 Å². The lowest BCUT2D eigenvalue weighted by Crippen LogP contribution is -2.50. The maximum atomic E-state index is 12.7. The summed E-state index contributed by atoms with van der Waals surface area (Å²) in [5, 5.41) is 26.3. The second kappa shape index (κ2) is 7.10. The van der Waals surface area contributed by atoms with Crippen LogP contribution in [-0.4, -0.2) is 33.6 Å². The number of aliphatic hydroxyl groups excluding tert-OH is 1. The predicted octanol–water partition coefficient (Wildman–Crippen LogP) is 3.14. The van der Waals surface area contributed by atoms with Gasteiger partial charge in [0.05, 0.1) is 24.1 Å². The molecule has 0 aromatic heterocycles. The van der Waals surface area contributed by atoms with Gasteiger partial charge in [-0.05, 0) is 44.0 Å². The lowest BCUT2D eigenvalue weighted by molar-refractivity contribution is -0.135. The van der Waals surface area contributed by atoms with Gasteiger partial charge in [0.25, 0.3) is 0 Å². The molecule has 7 heteroatoms. The number of hydrogen-bond acceptors (Lipinski definition) is 6. The Morgan fingerprint density at radius 3 is 2.77 bits per heavy atom. The lowest BCUT2D eigenvalue weighted by atomic mass is 9.87. The lowest BCUT2D eigenvalue weighted by Gasteiger charge is -2.42. The first-order chi connectivity index (χ1) is 14.9. The van der Waals surface area contributed by atoms with E-state index in [-0.39, 0.29) is 17.7 Å². The van der Waals surface area contributed by atoms with E-state index >= 15 is 0 Å². The minimum Gasteiger partial charge on any atom is -0.485 e. The van der Waals surface area contributed by atoms with Crippen LogP contribution < -0.4 is 4.74 Å². The smallest absolute Gasteiger partial charge is 0.247 e. The van der Waals surface area contributed by atoms with Crippen LogP contribution in [0.15, 0.2) is 53.6 Å². The number of carbonyl (C=O) groups is 1. The third kappa shape index (κ3) is 3.43. The van der Waals surface area contributed by atoms with Crippen LogP contribution in [0.5, 0.6) is 5.75 Å². The summed E-state index contributed by atoms with van der Waals surface area (Å²) in [6, 6.07) is 16.9. The van der Waals surface area contributed by atoms with Crippen LogP contribution >= 0.6 is 0 Å². The normalized spacial score (nSPS) is 27.9. The zero-order chi connectivity index (χ0) is 21.8. The number of fused-ring (bicyclic) bond motifs is 2. The van der Waals surface area contributed by atoms with Gasteiger partial charge < -0.3 is 14.6 Å². The SMILES string of the molecule is CC1(C)Oc2ccc(C#N)cc2[C@@H](OC2=NN(Cc3ccccc3)C(=O)[C@@H]3C[C@H]23)[C@@H]1O. The molecule has 2 heterocycles. The number of hydrazone groups is 1. The highest BCUT2D eigenvalue weighted by atomic mass is 16.5. The van der Waals surface area contributed by atoms with Crippen molar-refractivity contribution in [3.8, 4) is 11.8 Å². The Kier molecular flexibility index (Phi) is 4.49. The van der Waals surface area contributed by atoms with E-state index in [0.717, 1.165) is 5.56 Å². The van der Waals surface area contributed by atoms with E-state index in [9.17, 15) is 15.2 Å². The predicted molar refractivity (Wildman–Crippen MR) is 112 cm³/mol. The summed E-state index contributed by atoms with van der Waals surface area (Å²) in [4.78, 5) is 12.7. The zero-order valence-electron chi connectivity index (χ0n) is 17.4. The second-order valence-corrected chi connectivity index (χ2v) is 8.82. The fourth-order valence-corrected chi connectivity index (χ4v) is 4.22. The second-order valence-electron chi connectivity index (χ2n) is 8.82. The highest BCUT2D eigenvalue weighted by molar-refractivity contribution is 5.96. The highest BCUT2D eigenvalue weighted by Gasteiger charge is 2.55. The van der Waals surface area contributed by atoms with Gasteiger partial charge in [-0.3, -0.25) is 4.79 Å². The average molecular weight is 417 g/mol. The summed E-state index contributed by atoms with van der Waals surface area (Å²) in [7, 11) is 0. The van der Waals surface area contributed by atoms with Crippen LogP contribution in [0.2, 0.25) is 0 Å². The first kappa shape index (κ1) is 19.6. The number of benzene rings is 2. The first-order valence-corrected chi connectivity index (χ1v) is 10.4. The molecule has 0 spiro atoms. The summed E-state index contributed by atoms with van der Waals surface area (Å²) < 4.78 is 12.3. The molecule has 1 saturated carbocycles. The van der Waals surface area contributed by atoms with E-state index in [2.05, 4.69) is 11.2 Å². The Morgan fingerprint density at radius 1 is 1.26 bits per heavy atom. The van der Waals surface area contributed by atoms with Gasteiger partial charge in [-0.1, -0.05) is 30.3 Å². The quantitative estimate of drug-likeness (QED) is 0.828. The number of aliphatic hydroxyl groups is 1. The first-order valence-electron chi connectivity index (χ1n) is 10.4. The van der Waals surface area contributed by atoms with Crippen molar-refractivity contribution < 1.29 is 19.4 Å². The molecule has 2 aromatic rings. The molecule has 1 fully saturated rings. The molecule has 3 aliphatic rings. The molecule has 2 aliphatic heterocycles. The minimum atomic E-state index is -0.978. The van der Waals surface area contributed by atoms with Crippen molar-refractivity contribution in [1.29, 1.82) is 5.26 Å². The number of carbonyl (C=O) groups excluding carboxylic acids is 1. The average Bonchev–Trinajstić information content (AvgIpc) is 3.56. The van der Waals surface area contributed by atoms with E-state index in [1.165, 1.54) is 5.01 Å². The van der Waals surface area contributed by atoms with Gasteiger partial charge in [0.15, 0.2) is 6.10 Å². The van der Waals surface area contributed by atoms with Crippen LogP contribution in [0.3, 0.4) is 0 Å². The summed E-state index contributed by atoms with van der Waals surface area (Å²) in [5.74, 6) is 0.823. The van der Waals surface area contributed by atoms with Gasteiger partial charge in [-0.2, -0.15) is 5.26 Å². The molecule has 4 atom stereocenters. The molecule has 7 nitrogen and oxygen atoms in total. The van der Waals surface area contributed by atoms with E-state index in [1.807, 2.05) is 30.3 Å². The van der Waals surface area contributed by atoms with E-state index in [4.69, 9.17) is 9.47 Å². The van der Waals surface area contributed by atoms with E-state index in [0.29, 0.717) is 35.7 Å². The molecule has 31 heavy (non-hydrogen) atoms. The van der Waals surface area contributed by atoms with Crippen molar-refractivity contribution in [3.63, 3.8) is 0 Å². The van der Waals surface area contributed by atoms with Gasteiger partial charge in [0.1, 0.15) is 17.5 Å². The third-order valence-electron chi connectivity index (χ3n) is 6.14. The Morgan fingerprint density at radius 2 is 2.03 bits per heavy atom. The number of hydrogen-bond donors (Lipinski definition) is 1. The van der Waals surface area contributed by atoms with E-state index < -0.39 is 17.8 Å². The largest absolute Gasteiger partial charge is 0.485 e. The summed E-state index contributed by atoms with van der Waals surface area (Å²) in [6.07, 6.45) is -1.04. The van der Waals surface area contributed by atoms with Crippen LogP contribution in [0.25, 0.3) is 0 Å². The minimum absolute atomic E-state index is 0.00113. The Balaban J connectivity index is 1.47. The number of amides is 1. The molecule has 5 rings (SSSR count). The number of nitriles is 1. The van der Waals surface area contributed by atoms with Crippen LogP contribution in [0.4, 0.5) is 0 Å². The Hall–Kier alpha value is -3.37. The van der Waals surface area contributed by atoms with Crippen molar-refractivity contribution in [3.05, 3.63) is 65.2 Å². The standard InChI is InChI=1S/C24H23N3O4/c1-24(2)21(28)20(18-10-15(12-25)8-9-19(18)31-24)30-22-16-11-17(16)23(29)27(26-22)13-14-6-4-3-5-7-14/h3-10,16-17,20-21,28H,11,13H2,1-2H3/t16-,17+,20+,21-/m0/s1. The molecule has 1 N–H and O–H groups in total. The summed E-state index contributed by atoms with van der Waals surface area (Å²) in [6.45, 7) is 3.96. The van der Waals surface area contributed by atoms with Crippen molar-refractivity contribution in [2.24, 2.45) is 16.9 Å². The van der Waals surface area contributed by atoms with E-state index in [1.54, 1.807) is 32.0 Å². The van der Waals surface area contributed by atoms with Gasteiger partial charge in [0, 0.05) is 11.5 Å². The molecule has 0 bridgehead atoms. The van der Waals surface area contributed by atoms with Crippen molar-refractivity contribution in [1.82, 2.24) is 5.01 Å².